The summed E-state index contributed by atoms with van der Waals surface area (Å²) >= 11 is 0. The molecule has 2 rings (SSSR count). The van der Waals surface area contributed by atoms with Gasteiger partial charge < -0.3 is 15.8 Å². The Kier molecular flexibility index (Phi) is 6.98. The van der Waals surface area contributed by atoms with E-state index in [4.69, 9.17) is 10.5 Å². The summed E-state index contributed by atoms with van der Waals surface area (Å²) in [6.45, 7) is 8.25. The van der Waals surface area contributed by atoms with Gasteiger partial charge in [0.15, 0.2) is 5.96 Å². The molecule has 0 amide bonds. The van der Waals surface area contributed by atoms with Crippen molar-refractivity contribution in [2.45, 2.75) is 19.2 Å². The van der Waals surface area contributed by atoms with Crippen molar-refractivity contribution in [2.75, 3.05) is 32.8 Å². The predicted molar refractivity (Wildman–Crippen MR) is 99.6 cm³/mol. The summed E-state index contributed by atoms with van der Waals surface area (Å²) in [7, 11) is -3.37. The van der Waals surface area contributed by atoms with E-state index in [0.717, 1.165) is 16.7 Å². The van der Waals surface area contributed by atoms with E-state index in [1.54, 1.807) is 0 Å². The number of guanidine groups is 1. The van der Waals surface area contributed by atoms with Crippen LogP contribution in [0.4, 0.5) is 0 Å². The minimum atomic E-state index is -3.37. The van der Waals surface area contributed by atoms with Crippen molar-refractivity contribution in [1.82, 2.24) is 9.62 Å². The maximum absolute atomic E-state index is 12.6. The molecule has 1 aromatic carbocycles. The van der Waals surface area contributed by atoms with Crippen molar-refractivity contribution >= 4 is 16.0 Å². The summed E-state index contributed by atoms with van der Waals surface area (Å²) in [6.07, 6.45) is 0. The minimum Gasteiger partial charge on any atom is -0.379 e. The summed E-state index contributed by atoms with van der Waals surface area (Å²) in [4.78, 5) is 4.28. The predicted octanol–water partition coefficient (Wildman–Crippen LogP) is 0.829. The van der Waals surface area contributed by atoms with Crippen LogP contribution >= 0.6 is 0 Å². The summed E-state index contributed by atoms with van der Waals surface area (Å²) in [6, 6.07) is 7.40. The molecule has 138 valence electrons. The highest BCUT2D eigenvalue weighted by atomic mass is 32.2. The van der Waals surface area contributed by atoms with E-state index in [2.05, 4.69) is 16.9 Å². The van der Waals surface area contributed by atoms with E-state index in [1.807, 2.05) is 31.2 Å². The number of hydrogen-bond donors (Lipinski definition) is 2. The summed E-state index contributed by atoms with van der Waals surface area (Å²) < 4.78 is 31.9. The van der Waals surface area contributed by atoms with Crippen LogP contribution in [-0.2, 0) is 27.1 Å². The van der Waals surface area contributed by atoms with Gasteiger partial charge in [-0.3, -0.25) is 0 Å². The van der Waals surface area contributed by atoms with Gasteiger partial charge in [-0.2, -0.15) is 4.31 Å². The van der Waals surface area contributed by atoms with E-state index in [0.29, 0.717) is 45.4 Å². The van der Waals surface area contributed by atoms with Crippen molar-refractivity contribution in [3.8, 4) is 0 Å². The molecule has 1 fully saturated rings. The van der Waals surface area contributed by atoms with Crippen LogP contribution in [0.5, 0.6) is 0 Å². The second-order valence-electron chi connectivity index (χ2n) is 6.05. The molecule has 0 unspecified atom stereocenters. The smallest absolute Gasteiger partial charge is 0.218 e. The topological polar surface area (TPSA) is 97.0 Å². The first-order valence-electron chi connectivity index (χ1n) is 8.19. The van der Waals surface area contributed by atoms with Crippen LogP contribution < -0.4 is 11.1 Å². The second-order valence-corrected chi connectivity index (χ2v) is 8.02. The fraction of sp³-hybridized carbons (Fsp3) is 0.471. The lowest BCUT2D eigenvalue weighted by atomic mass is 10.1. The van der Waals surface area contributed by atoms with Gasteiger partial charge >= 0.3 is 0 Å². The first kappa shape index (κ1) is 19.4. The third-order valence-corrected chi connectivity index (χ3v) is 5.64. The van der Waals surface area contributed by atoms with E-state index in [-0.39, 0.29) is 5.75 Å². The fourth-order valence-corrected chi connectivity index (χ4v) is 4.00. The molecule has 0 spiro atoms. The molecule has 1 saturated heterocycles. The van der Waals surface area contributed by atoms with Gasteiger partial charge in [0.2, 0.25) is 10.0 Å². The number of nitrogens with two attached hydrogens (primary N) is 1. The third kappa shape index (κ3) is 6.15. The molecule has 0 aliphatic carbocycles. The summed E-state index contributed by atoms with van der Waals surface area (Å²) in [5.41, 5.74) is 8.36. The van der Waals surface area contributed by atoms with Gasteiger partial charge in [0.25, 0.3) is 0 Å². The monoisotopic (exact) mass is 366 g/mol. The Morgan fingerprint density at radius 3 is 2.60 bits per heavy atom. The molecule has 0 bridgehead atoms. The first-order chi connectivity index (χ1) is 11.9. The van der Waals surface area contributed by atoms with Crippen LogP contribution in [0.3, 0.4) is 0 Å². The highest BCUT2D eigenvalue weighted by Gasteiger charge is 2.25. The Balaban J connectivity index is 2.07. The number of ether oxygens (including phenoxy) is 1. The molecule has 1 aliphatic heterocycles. The molecule has 8 heteroatoms. The zero-order valence-electron chi connectivity index (χ0n) is 14.6. The molecule has 0 aromatic heterocycles. The molecule has 0 radical (unpaired) electrons. The van der Waals surface area contributed by atoms with Gasteiger partial charge in [-0.05, 0) is 18.1 Å². The van der Waals surface area contributed by atoms with Gasteiger partial charge in [-0.1, -0.05) is 36.4 Å². The van der Waals surface area contributed by atoms with Crippen molar-refractivity contribution in [3.63, 3.8) is 0 Å². The molecule has 0 atom stereocenters. The van der Waals surface area contributed by atoms with Gasteiger partial charge in [0.1, 0.15) is 0 Å². The highest BCUT2D eigenvalue weighted by molar-refractivity contribution is 7.88. The molecule has 1 heterocycles. The quantitative estimate of drug-likeness (QED) is 0.423. The Hall–Kier alpha value is -1.90. The Labute approximate surface area is 149 Å². The van der Waals surface area contributed by atoms with Crippen molar-refractivity contribution in [3.05, 3.63) is 47.5 Å². The van der Waals surface area contributed by atoms with Crippen LogP contribution in [0.2, 0.25) is 0 Å². The lowest BCUT2D eigenvalue weighted by Gasteiger charge is -2.26. The average Bonchev–Trinajstić information content (AvgIpc) is 2.59. The zero-order chi connectivity index (χ0) is 18.3. The molecular weight excluding hydrogens is 340 g/mol. The van der Waals surface area contributed by atoms with Gasteiger partial charge in [0.05, 0.1) is 25.5 Å². The number of rotatable bonds is 7. The SMILES string of the molecule is C=C(C)CNC(N)=NCc1ccccc1CS(=O)(=O)N1CCOCC1. The van der Waals surface area contributed by atoms with Gasteiger partial charge in [-0.15, -0.1) is 0 Å². The number of sulfonamides is 1. The maximum Gasteiger partial charge on any atom is 0.218 e. The molecule has 1 aliphatic rings. The highest BCUT2D eigenvalue weighted by Crippen LogP contribution is 2.17. The largest absolute Gasteiger partial charge is 0.379 e. The van der Waals surface area contributed by atoms with E-state index < -0.39 is 10.0 Å². The van der Waals surface area contributed by atoms with E-state index in [9.17, 15) is 8.42 Å². The van der Waals surface area contributed by atoms with Crippen LogP contribution in [0, 0.1) is 0 Å². The number of morpholine rings is 1. The standard InChI is InChI=1S/C17H26N4O3S/c1-14(2)11-19-17(18)20-12-15-5-3-4-6-16(15)13-25(22,23)21-7-9-24-10-8-21/h3-6H,1,7-13H2,2H3,(H3,18,19,20). The summed E-state index contributed by atoms with van der Waals surface area (Å²) in [5.74, 6) is 0.270. The number of hydrogen-bond acceptors (Lipinski definition) is 4. The second kappa shape index (κ2) is 8.98. The zero-order valence-corrected chi connectivity index (χ0v) is 15.4. The Morgan fingerprint density at radius 2 is 1.96 bits per heavy atom. The van der Waals surface area contributed by atoms with Gasteiger partial charge in [0, 0.05) is 19.6 Å². The van der Waals surface area contributed by atoms with Gasteiger partial charge in [-0.25, -0.2) is 13.4 Å². The lowest BCUT2D eigenvalue weighted by Crippen LogP contribution is -2.41. The number of benzene rings is 1. The fourth-order valence-electron chi connectivity index (χ4n) is 2.43. The number of aliphatic imine (C=N–C) groups is 1. The van der Waals surface area contributed by atoms with Crippen LogP contribution in [0.15, 0.2) is 41.4 Å². The normalized spacial score (nSPS) is 16.6. The van der Waals surface area contributed by atoms with Crippen LogP contribution in [-0.4, -0.2) is 51.5 Å². The third-order valence-electron chi connectivity index (χ3n) is 3.81. The van der Waals surface area contributed by atoms with Crippen molar-refractivity contribution in [1.29, 1.82) is 0 Å². The number of nitrogens with one attached hydrogen (secondary N) is 1. The average molecular weight is 366 g/mol. The molecule has 3 N–H and O–H groups in total. The van der Waals surface area contributed by atoms with Crippen molar-refractivity contribution in [2.24, 2.45) is 10.7 Å². The molecule has 25 heavy (non-hydrogen) atoms. The molecular formula is C17H26N4O3S. The molecule has 7 nitrogen and oxygen atoms in total. The lowest BCUT2D eigenvalue weighted by molar-refractivity contribution is 0.0729. The minimum absolute atomic E-state index is 0.0439. The van der Waals surface area contributed by atoms with E-state index >= 15 is 0 Å². The Bertz CT molecular complexity index is 725. The summed E-state index contributed by atoms with van der Waals surface area (Å²) in [5, 5.41) is 2.96. The van der Waals surface area contributed by atoms with Crippen molar-refractivity contribution < 1.29 is 13.2 Å². The number of nitrogens with zero attached hydrogens (tertiary/aromatic N) is 2. The van der Waals surface area contributed by atoms with Crippen LogP contribution in [0.1, 0.15) is 18.1 Å². The molecule has 0 saturated carbocycles. The Morgan fingerprint density at radius 1 is 1.32 bits per heavy atom. The first-order valence-corrected chi connectivity index (χ1v) is 9.80. The van der Waals surface area contributed by atoms with E-state index in [1.165, 1.54) is 4.31 Å². The molecule has 1 aromatic rings. The maximum atomic E-state index is 12.6. The van der Waals surface area contributed by atoms with Crippen LogP contribution in [0.25, 0.3) is 0 Å².